The van der Waals surface area contributed by atoms with E-state index in [-0.39, 0.29) is 13.0 Å². The average Bonchev–Trinajstić information content (AvgIpc) is 3.04. The Bertz CT molecular complexity index is 833. The second kappa shape index (κ2) is 8.46. The van der Waals surface area contributed by atoms with Gasteiger partial charge in [0.05, 0.1) is 32.3 Å². The number of benzene rings is 1. The van der Waals surface area contributed by atoms with Crippen molar-refractivity contribution in [3.8, 4) is 5.75 Å². The summed E-state index contributed by atoms with van der Waals surface area (Å²) in [5.74, 6) is 0.183. The number of aliphatic hydroxyl groups excluding tert-OH is 4. The summed E-state index contributed by atoms with van der Waals surface area (Å²) in [4.78, 5) is 12.0. The van der Waals surface area contributed by atoms with Crippen LogP contribution in [-0.4, -0.2) is 75.7 Å². The van der Waals surface area contributed by atoms with Crippen LogP contribution in [0.3, 0.4) is 0 Å². The summed E-state index contributed by atoms with van der Waals surface area (Å²) < 4.78 is 17.5. The fourth-order valence-corrected chi connectivity index (χ4v) is 3.46. The van der Waals surface area contributed by atoms with Gasteiger partial charge in [-0.25, -0.2) is 0 Å². The molecular formula is C19H25NO8. The van der Waals surface area contributed by atoms with Crippen LogP contribution in [0.4, 0.5) is 0 Å². The molecule has 1 aliphatic heterocycles. The SMILES string of the molecule is CCOC(=O)Cc1cn([C@@H]2O[C@H](CO)[C@@H](O)[C@H](O)[C@H]2O)c2ccc(OC)cc12. The van der Waals surface area contributed by atoms with Crippen LogP contribution in [0.2, 0.25) is 0 Å². The number of fused-ring (bicyclic) bond motifs is 1. The van der Waals surface area contributed by atoms with Crippen molar-refractivity contribution in [3.05, 3.63) is 30.0 Å². The molecule has 4 N–H and O–H groups in total. The van der Waals surface area contributed by atoms with Gasteiger partial charge in [-0.1, -0.05) is 0 Å². The maximum Gasteiger partial charge on any atom is 0.310 e. The predicted octanol–water partition coefficient (Wildman–Crippen LogP) is -0.272. The smallest absolute Gasteiger partial charge is 0.310 e. The summed E-state index contributed by atoms with van der Waals surface area (Å²) >= 11 is 0. The van der Waals surface area contributed by atoms with Crippen molar-refractivity contribution >= 4 is 16.9 Å². The normalized spacial score (nSPS) is 27.7. The molecule has 9 heteroatoms. The third-order valence-corrected chi connectivity index (χ3v) is 4.90. The van der Waals surface area contributed by atoms with Gasteiger partial charge in [0.1, 0.15) is 30.2 Å². The minimum absolute atomic E-state index is 0.00191. The second-order valence-corrected chi connectivity index (χ2v) is 6.65. The van der Waals surface area contributed by atoms with E-state index >= 15 is 0 Å². The molecule has 1 fully saturated rings. The molecule has 3 rings (SSSR count). The van der Waals surface area contributed by atoms with Crippen LogP contribution in [0, 0.1) is 0 Å². The molecule has 28 heavy (non-hydrogen) atoms. The number of hydrogen-bond donors (Lipinski definition) is 4. The molecule has 9 nitrogen and oxygen atoms in total. The molecular weight excluding hydrogens is 370 g/mol. The zero-order valence-corrected chi connectivity index (χ0v) is 15.7. The molecule has 0 amide bonds. The summed E-state index contributed by atoms with van der Waals surface area (Å²) in [6.07, 6.45) is -4.85. The molecule has 0 radical (unpaired) electrons. The number of carbonyl (C=O) groups is 1. The Morgan fingerprint density at radius 3 is 2.61 bits per heavy atom. The molecule has 0 saturated carbocycles. The molecule has 1 aromatic carbocycles. The van der Waals surface area contributed by atoms with Gasteiger partial charge in [0.2, 0.25) is 0 Å². The van der Waals surface area contributed by atoms with Gasteiger partial charge in [-0.2, -0.15) is 0 Å². The predicted molar refractivity (Wildman–Crippen MR) is 97.8 cm³/mol. The number of aromatic nitrogens is 1. The van der Waals surface area contributed by atoms with Crippen molar-refractivity contribution in [2.24, 2.45) is 0 Å². The van der Waals surface area contributed by atoms with Crippen molar-refractivity contribution < 1.29 is 39.4 Å². The number of nitrogens with zero attached hydrogens (tertiary/aromatic N) is 1. The maximum absolute atomic E-state index is 12.0. The highest BCUT2D eigenvalue weighted by atomic mass is 16.6. The lowest BCUT2D eigenvalue weighted by Crippen LogP contribution is -2.56. The van der Waals surface area contributed by atoms with Gasteiger partial charge >= 0.3 is 5.97 Å². The zero-order valence-electron chi connectivity index (χ0n) is 15.7. The highest BCUT2D eigenvalue weighted by Gasteiger charge is 2.44. The Kier molecular flexibility index (Phi) is 6.21. The number of methoxy groups -OCH3 is 1. The summed E-state index contributed by atoms with van der Waals surface area (Å²) in [7, 11) is 1.53. The van der Waals surface area contributed by atoms with Gasteiger partial charge < -0.3 is 39.2 Å². The van der Waals surface area contributed by atoms with E-state index in [1.54, 1.807) is 35.9 Å². The highest BCUT2D eigenvalue weighted by Crippen LogP contribution is 2.34. The molecule has 1 aromatic heterocycles. The molecule has 2 heterocycles. The van der Waals surface area contributed by atoms with Crippen LogP contribution in [0.25, 0.3) is 10.9 Å². The van der Waals surface area contributed by atoms with Crippen molar-refractivity contribution in [2.75, 3.05) is 20.3 Å². The third-order valence-electron chi connectivity index (χ3n) is 4.90. The molecule has 0 unspecified atom stereocenters. The first-order valence-electron chi connectivity index (χ1n) is 9.04. The van der Waals surface area contributed by atoms with Gasteiger partial charge in [0, 0.05) is 11.6 Å². The van der Waals surface area contributed by atoms with E-state index in [1.807, 2.05) is 0 Å². The van der Waals surface area contributed by atoms with Gasteiger partial charge in [-0.15, -0.1) is 0 Å². The molecule has 2 aromatic rings. The van der Waals surface area contributed by atoms with Crippen molar-refractivity contribution in [1.82, 2.24) is 4.57 Å². The Labute approximate surface area is 161 Å². The average molecular weight is 395 g/mol. The fourth-order valence-electron chi connectivity index (χ4n) is 3.46. The van der Waals surface area contributed by atoms with Crippen molar-refractivity contribution in [1.29, 1.82) is 0 Å². The standard InChI is InChI=1S/C19H25NO8/c1-3-27-15(22)6-10-8-20(13-5-4-11(26-2)7-12(10)13)19-18(25)17(24)16(23)14(9-21)28-19/h4-5,7-8,14,16-19,21,23-25H,3,6,9H2,1-2H3/t14-,16-,17+,18-,19-/m1/s1. The molecule has 0 bridgehead atoms. The van der Waals surface area contributed by atoms with E-state index in [9.17, 15) is 25.2 Å². The number of carbonyl (C=O) groups excluding carboxylic acids is 1. The van der Waals surface area contributed by atoms with E-state index in [2.05, 4.69) is 0 Å². The lowest BCUT2D eigenvalue weighted by atomic mass is 9.98. The number of hydrogen-bond acceptors (Lipinski definition) is 8. The molecule has 5 atom stereocenters. The molecule has 154 valence electrons. The number of aliphatic hydroxyl groups is 4. The number of rotatable bonds is 6. The first-order chi connectivity index (χ1) is 13.4. The lowest BCUT2D eigenvalue weighted by molar-refractivity contribution is -0.250. The maximum atomic E-state index is 12.0. The summed E-state index contributed by atoms with van der Waals surface area (Å²) in [6, 6.07) is 5.21. The largest absolute Gasteiger partial charge is 0.497 e. The third kappa shape index (κ3) is 3.71. The number of ether oxygens (including phenoxy) is 3. The van der Waals surface area contributed by atoms with E-state index in [0.717, 1.165) is 0 Å². The Morgan fingerprint density at radius 2 is 1.96 bits per heavy atom. The van der Waals surface area contributed by atoms with E-state index in [0.29, 0.717) is 22.2 Å². The number of esters is 1. The quantitative estimate of drug-likeness (QED) is 0.492. The van der Waals surface area contributed by atoms with Crippen LogP contribution < -0.4 is 4.74 Å². The lowest BCUT2D eigenvalue weighted by Gasteiger charge is -2.40. The van der Waals surface area contributed by atoms with Crippen LogP contribution >= 0.6 is 0 Å². The van der Waals surface area contributed by atoms with Gasteiger partial charge in [0.15, 0.2) is 6.23 Å². The second-order valence-electron chi connectivity index (χ2n) is 6.65. The fraction of sp³-hybridized carbons (Fsp3) is 0.526. The Hall–Kier alpha value is -2.17. The van der Waals surface area contributed by atoms with Crippen LogP contribution in [-0.2, 0) is 20.7 Å². The molecule has 1 aliphatic rings. The first-order valence-corrected chi connectivity index (χ1v) is 9.04. The van der Waals surface area contributed by atoms with Crippen molar-refractivity contribution in [3.63, 3.8) is 0 Å². The van der Waals surface area contributed by atoms with Crippen LogP contribution in [0.5, 0.6) is 5.75 Å². The van der Waals surface area contributed by atoms with Gasteiger partial charge in [-0.3, -0.25) is 4.79 Å². The summed E-state index contributed by atoms with van der Waals surface area (Å²) in [6.45, 7) is 1.45. The van der Waals surface area contributed by atoms with Crippen molar-refractivity contribution in [2.45, 2.75) is 44.0 Å². The van der Waals surface area contributed by atoms with E-state index in [1.165, 1.54) is 7.11 Å². The first kappa shape index (κ1) is 20.6. The van der Waals surface area contributed by atoms with Crippen LogP contribution in [0.15, 0.2) is 24.4 Å². The Balaban J connectivity index is 2.06. The van der Waals surface area contributed by atoms with E-state index < -0.39 is 43.2 Å². The highest BCUT2D eigenvalue weighted by molar-refractivity contribution is 5.89. The summed E-state index contributed by atoms with van der Waals surface area (Å²) in [5.41, 5.74) is 1.26. The molecule has 1 saturated heterocycles. The van der Waals surface area contributed by atoms with Gasteiger partial charge in [-0.05, 0) is 30.7 Å². The summed E-state index contributed by atoms with van der Waals surface area (Å²) in [5, 5.41) is 40.7. The minimum atomic E-state index is -1.50. The Morgan fingerprint density at radius 1 is 1.21 bits per heavy atom. The van der Waals surface area contributed by atoms with Crippen LogP contribution in [0.1, 0.15) is 18.7 Å². The van der Waals surface area contributed by atoms with E-state index in [4.69, 9.17) is 14.2 Å². The minimum Gasteiger partial charge on any atom is -0.497 e. The molecule has 0 aliphatic carbocycles. The molecule has 0 spiro atoms. The monoisotopic (exact) mass is 395 g/mol. The topological polar surface area (TPSA) is 131 Å². The zero-order chi connectivity index (χ0) is 20.4. The van der Waals surface area contributed by atoms with Gasteiger partial charge in [0.25, 0.3) is 0 Å².